The fourth-order valence-electron chi connectivity index (χ4n) is 3.71. The molecule has 2 aliphatic rings. The maximum absolute atomic E-state index is 5.99. The zero-order chi connectivity index (χ0) is 20.1. The SMILES string of the molecule is COCc1cc(N2CCOCC2)nc(C2=CCN(Cc3ccc(Cl)cc3)CC2)n1. The van der Waals surface area contributed by atoms with Crippen LogP contribution in [0.3, 0.4) is 0 Å². The molecule has 0 saturated carbocycles. The Labute approximate surface area is 177 Å². The molecule has 0 amide bonds. The quantitative estimate of drug-likeness (QED) is 0.722. The summed E-state index contributed by atoms with van der Waals surface area (Å²) in [6, 6.07) is 10.1. The topological polar surface area (TPSA) is 50.7 Å². The predicted molar refractivity (Wildman–Crippen MR) is 115 cm³/mol. The normalized spacial score (nSPS) is 18.0. The van der Waals surface area contributed by atoms with Gasteiger partial charge in [-0.1, -0.05) is 29.8 Å². The van der Waals surface area contributed by atoms with Crippen LogP contribution in [0, 0.1) is 0 Å². The number of nitrogens with zero attached hydrogens (tertiary/aromatic N) is 4. The fraction of sp³-hybridized carbons (Fsp3) is 0.455. The summed E-state index contributed by atoms with van der Waals surface area (Å²) in [4.78, 5) is 14.3. The maximum Gasteiger partial charge on any atom is 0.157 e. The van der Waals surface area contributed by atoms with Gasteiger partial charge in [-0.05, 0) is 29.7 Å². The Kier molecular flexibility index (Phi) is 6.77. The monoisotopic (exact) mass is 414 g/mol. The second-order valence-corrected chi connectivity index (χ2v) is 7.85. The third-order valence-corrected chi connectivity index (χ3v) is 5.54. The van der Waals surface area contributed by atoms with Gasteiger partial charge in [0.1, 0.15) is 5.82 Å². The molecule has 0 aliphatic carbocycles. The first-order chi connectivity index (χ1) is 14.2. The number of methoxy groups -OCH3 is 1. The zero-order valence-electron chi connectivity index (χ0n) is 16.8. The fourth-order valence-corrected chi connectivity index (χ4v) is 3.83. The lowest BCUT2D eigenvalue weighted by molar-refractivity contribution is 0.122. The Morgan fingerprint density at radius 3 is 2.59 bits per heavy atom. The van der Waals surface area contributed by atoms with E-state index < -0.39 is 0 Å². The minimum atomic E-state index is 0.489. The summed E-state index contributed by atoms with van der Waals surface area (Å²) in [5.41, 5.74) is 3.41. The molecule has 0 N–H and O–H groups in total. The summed E-state index contributed by atoms with van der Waals surface area (Å²) in [6.07, 6.45) is 3.20. The summed E-state index contributed by atoms with van der Waals surface area (Å²) in [5.74, 6) is 1.79. The van der Waals surface area contributed by atoms with Gasteiger partial charge in [0.05, 0.1) is 25.5 Å². The van der Waals surface area contributed by atoms with Gasteiger partial charge in [0.15, 0.2) is 5.82 Å². The molecule has 1 saturated heterocycles. The van der Waals surface area contributed by atoms with Gasteiger partial charge in [0.25, 0.3) is 0 Å². The molecule has 0 atom stereocenters. The van der Waals surface area contributed by atoms with Crippen molar-refractivity contribution in [1.29, 1.82) is 0 Å². The first kappa shape index (κ1) is 20.3. The second-order valence-electron chi connectivity index (χ2n) is 7.41. The number of hydrogen-bond acceptors (Lipinski definition) is 6. The number of aromatic nitrogens is 2. The van der Waals surface area contributed by atoms with Crippen molar-refractivity contribution >= 4 is 23.0 Å². The van der Waals surface area contributed by atoms with Crippen LogP contribution in [0.2, 0.25) is 5.02 Å². The van der Waals surface area contributed by atoms with Gasteiger partial charge in [0, 0.05) is 50.9 Å². The number of morpholine rings is 1. The second kappa shape index (κ2) is 9.67. The van der Waals surface area contributed by atoms with Crippen molar-refractivity contribution in [2.75, 3.05) is 51.4 Å². The van der Waals surface area contributed by atoms with Crippen molar-refractivity contribution in [2.45, 2.75) is 19.6 Å². The average Bonchev–Trinajstić information content (AvgIpc) is 2.76. The van der Waals surface area contributed by atoms with E-state index in [1.54, 1.807) is 7.11 Å². The van der Waals surface area contributed by atoms with Crippen LogP contribution in [0.1, 0.15) is 23.5 Å². The Bertz CT molecular complexity index is 850. The molecule has 0 bridgehead atoms. The van der Waals surface area contributed by atoms with Crippen molar-refractivity contribution in [2.24, 2.45) is 0 Å². The summed E-state index contributed by atoms with van der Waals surface area (Å²) < 4.78 is 10.8. The molecule has 4 rings (SSSR count). The number of rotatable bonds is 6. The molecule has 0 radical (unpaired) electrons. The number of anilines is 1. The van der Waals surface area contributed by atoms with Crippen molar-refractivity contribution in [3.8, 4) is 0 Å². The van der Waals surface area contributed by atoms with Crippen molar-refractivity contribution in [1.82, 2.24) is 14.9 Å². The van der Waals surface area contributed by atoms with E-state index >= 15 is 0 Å². The molecule has 1 fully saturated rings. The molecular formula is C22H27ClN4O2. The van der Waals surface area contributed by atoms with E-state index in [0.29, 0.717) is 6.61 Å². The molecule has 3 heterocycles. The molecule has 6 nitrogen and oxygen atoms in total. The molecule has 2 aliphatic heterocycles. The smallest absolute Gasteiger partial charge is 0.157 e. The van der Waals surface area contributed by atoms with E-state index in [1.165, 1.54) is 11.1 Å². The highest BCUT2D eigenvalue weighted by atomic mass is 35.5. The van der Waals surface area contributed by atoms with Gasteiger partial charge in [-0.3, -0.25) is 4.90 Å². The Morgan fingerprint density at radius 1 is 1.10 bits per heavy atom. The van der Waals surface area contributed by atoms with E-state index in [9.17, 15) is 0 Å². The van der Waals surface area contributed by atoms with Crippen LogP contribution in [-0.4, -0.2) is 61.4 Å². The standard InChI is InChI=1S/C22H27ClN4O2/c1-28-16-20-14-21(27-10-12-29-13-11-27)25-22(24-20)18-6-8-26(9-7-18)15-17-2-4-19(23)5-3-17/h2-6,14H,7-13,15-16H2,1H3. The number of hydrogen-bond donors (Lipinski definition) is 0. The van der Waals surface area contributed by atoms with Gasteiger partial charge in [-0.15, -0.1) is 0 Å². The lowest BCUT2D eigenvalue weighted by Gasteiger charge is -2.29. The molecule has 1 aromatic carbocycles. The zero-order valence-corrected chi connectivity index (χ0v) is 17.6. The molecule has 1 aromatic heterocycles. The Hall–Kier alpha value is -1.99. The maximum atomic E-state index is 5.99. The highest BCUT2D eigenvalue weighted by Gasteiger charge is 2.19. The van der Waals surface area contributed by atoms with Crippen molar-refractivity contribution < 1.29 is 9.47 Å². The molecule has 7 heteroatoms. The average molecular weight is 415 g/mol. The van der Waals surface area contributed by atoms with Gasteiger partial charge in [-0.25, -0.2) is 9.97 Å². The Morgan fingerprint density at radius 2 is 1.90 bits per heavy atom. The van der Waals surface area contributed by atoms with Crippen LogP contribution in [0.25, 0.3) is 5.57 Å². The predicted octanol–water partition coefficient (Wildman–Crippen LogP) is 3.40. The van der Waals surface area contributed by atoms with Crippen LogP contribution < -0.4 is 4.90 Å². The van der Waals surface area contributed by atoms with E-state index in [2.05, 4.69) is 28.0 Å². The third kappa shape index (κ3) is 5.34. The van der Waals surface area contributed by atoms with Gasteiger partial charge < -0.3 is 14.4 Å². The minimum Gasteiger partial charge on any atom is -0.378 e. The van der Waals surface area contributed by atoms with Crippen LogP contribution >= 0.6 is 11.6 Å². The lowest BCUT2D eigenvalue weighted by atomic mass is 10.1. The highest BCUT2D eigenvalue weighted by Crippen LogP contribution is 2.24. The van der Waals surface area contributed by atoms with Crippen molar-refractivity contribution in [3.63, 3.8) is 0 Å². The molecular weight excluding hydrogens is 388 g/mol. The summed E-state index contributed by atoms with van der Waals surface area (Å²) in [5, 5.41) is 0.777. The lowest BCUT2D eigenvalue weighted by Crippen LogP contribution is -2.37. The van der Waals surface area contributed by atoms with E-state index in [0.717, 1.165) is 74.7 Å². The van der Waals surface area contributed by atoms with Gasteiger partial charge in [-0.2, -0.15) is 0 Å². The Balaban J connectivity index is 1.49. The van der Waals surface area contributed by atoms with Crippen molar-refractivity contribution in [3.05, 3.63) is 58.5 Å². The highest BCUT2D eigenvalue weighted by molar-refractivity contribution is 6.30. The number of halogens is 1. The largest absolute Gasteiger partial charge is 0.378 e. The van der Waals surface area contributed by atoms with E-state index in [1.807, 2.05) is 18.2 Å². The molecule has 154 valence electrons. The summed E-state index contributed by atoms with van der Waals surface area (Å²) in [6.45, 7) is 6.48. The van der Waals surface area contributed by atoms with E-state index in [4.69, 9.17) is 31.0 Å². The van der Waals surface area contributed by atoms with Crippen LogP contribution in [-0.2, 0) is 22.6 Å². The summed E-state index contributed by atoms with van der Waals surface area (Å²) in [7, 11) is 1.70. The number of benzene rings is 1. The van der Waals surface area contributed by atoms with Gasteiger partial charge in [0.2, 0.25) is 0 Å². The van der Waals surface area contributed by atoms with Gasteiger partial charge >= 0.3 is 0 Å². The minimum absolute atomic E-state index is 0.489. The van der Waals surface area contributed by atoms with Crippen LogP contribution in [0.4, 0.5) is 5.82 Å². The van der Waals surface area contributed by atoms with Crippen LogP contribution in [0.15, 0.2) is 36.4 Å². The molecule has 2 aromatic rings. The first-order valence-corrected chi connectivity index (χ1v) is 10.4. The van der Waals surface area contributed by atoms with Crippen LogP contribution in [0.5, 0.6) is 0 Å². The number of ether oxygens (including phenoxy) is 2. The third-order valence-electron chi connectivity index (χ3n) is 5.29. The van der Waals surface area contributed by atoms with E-state index in [-0.39, 0.29) is 0 Å². The first-order valence-electron chi connectivity index (χ1n) is 10.1. The molecule has 0 spiro atoms. The molecule has 29 heavy (non-hydrogen) atoms. The molecule has 0 unspecified atom stereocenters. The summed E-state index contributed by atoms with van der Waals surface area (Å²) >= 11 is 5.99.